The minimum Gasteiger partial charge on any atom is -0.462 e. The summed E-state index contributed by atoms with van der Waals surface area (Å²) in [6, 6.07) is 0. The fourth-order valence-corrected chi connectivity index (χ4v) is 4.65. The Morgan fingerprint density at radius 2 is 0.900 bits per heavy atom. The van der Waals surface area contributed by atoms with Crippen molar-refractivity contribution in [1.82, 2.24) is 0 Å². The van der Waals surface area contributed by atoms with Crippen LogP contribution < -0.4 is 0 Å². The molecule has 0 aromatic heterocycles. The van der Waals surface area contributed by atoms with Gasteiger partial charge in [-0.3, -0.25) is 9.59 Å². The van der Waals surface area contributed by atoms with Crippen molar-refractivity contribution < 1.29 is 24.2 Å². The Kier molecular flexibility index (Phi) is 37.2. The first-order valence-electron chi connectivity index (χ1n) is 19.4. The fraction of sp³-hybridized carbons (Fsp3) is 0.556. The largest absolute Gasteiger partial charge is 0.462 e. The van der Waals surface area contributed by atoms with E-state index in [1.807, 2.05) is 12.2 Å². The van der Waals surface area contributed by atoms with Crippen molar-refractivity contribution in [2.45, 2.75) is 148 Å². The van der Waals surface area contributed by atoms with Gasteiger partial charge in [-0.15, -0.1) is 0 Å². The van der Waals surface area contributed by atoms with Gasteiger partial charge in [0.15, 0.2) is 6.10 Å². The van der Waals surface area contributed by atoms with E-state index in [0.717, 1.165) is 57.8 Å². The van der Waals surface area contributed by atoms with Gasteiger partial charge in [-0.05, 0) is 83.5 Å². The first-order chi connectivity index (χ1) is 24.6. The maximum absolute atomic E-state index is 12.1. The zero-order valence-electron chi connectivity index (χ0n) is 31.6. The van der Waals surface area contributed by atoms with E-state index in [2.05, 4.69) is 111 Å². The van der Waals surface area contributed by atoms with Gasteiger partial charge in [0.2, 0.25) is 0 Å². The topological polar surface area (TPSA) is 72.8 Å². The molecule has 0 fully saturated rings. The molecule has 0 aliphatic carbocycles. The normalized spacial score (nSPS) is 13.4. The Hall–Kier alpha value is -3.44. The number of allylic oxidation sites excluding steroid dienone is 18. The molecule has 0 saturated carbocycles. The number of ether oxygens (including phenoxy) is 2. The van der Waals surface area contributed by atoms with Crippen LogP contribution in [0.4, 0.5) is 0 Å². The summed E-state index contributed by atoms with van der Waals surface area (Å²) < 4.78 is 10.5. The van der Waals surface area contributed by atoms with Crippen molar-refractivity contribution in [1.29, 1.82) is 0 Å². The van der Waals surface area contributed by atoms with Gasteiger partial charge in [0.1, 0.15) is 6.61 Å². The molecule has 0 rings (SSSR count). The van der Waals surface area contributed by atoms with Gasteiger partial charge in [-0.25, -0.2) is 0 Å². The second-order valence-electron chi connectivity index (χ2n) is 12.3. The minimum atomic E-state index is -0.839. The zero-order chi connectivity index (χ0) is 36.4. The monoisotopic (exact) mass is 691 g/mol. The number of rotatable bonds is 33. The molecule has 0 radical (unpaired) electrons. The lowest BCUT2D eigenvalue weighted by atomic mass is 10.1. The van der Waals surface area contributed by atoms with Crippen LogP contribution in [-0.2, 0) is 19.1 Å². The molecule has 5 heteroatoms. The Morgan fingerprint density at radius 1 is 0.480 bits per heavy atom. The van der Waals surface area contributed by atoms with E-state index in [1.165, 1.54) is 44.9 Å². The molecule has 0 amide bonds. The number of unbranched alkanes of at least 4 members (excludes halogenated alkanes) is 7. The summed E-state index contributed by atoms with van der Waals surface area (Å²) in [5.41, 5.74) is 0. The van der Waals surface area contributed by atoms with Crippen molar-refractivity contribution >= 4 is 11.9 Å². The molecule has 0 bridgehead atoms. The lowest BCUT2D eigenvalue weighted by Crippen LogP contribution is -2.28. The highest BCUT2D eigenvalue weighted by Crippen LogP contribution is 2.08. The number of aliphatic hydroxyl groups is 1. The lowest BCUT2D eigenvalue weighted by Gasteiger charge is -2.15. The SMILES string of the molecule is CC/C=C/C/C=C\C/C=C\C/C=C\C/C=C\C/C=C\CCC(=O)O[C@@H](CO)COC(=O)CCC/C=C/C/C=C/C/C=C\CCCCCCCC. The van der Waals surface area contributed by atoms with Gasteiger partial charge in [0, 0.05) is 12.8 Å². The standard InChI is InChI=1S/C45H70O5/c1-3-5-7-9-11-13-15-17-19-21-22-24-26-28-30-32-34-36-38-40-45(48)50-43(41-46)42-49-44(47)39-37-35-33-31-29-27-25-23-20-18-16-14-12-10-8-6-4-2/h5,7,11,13,17-20,22,24-25,27-28,30-31,33-34,36,43,46H,3-4,6,8-10,12,14-16,21,23,26,29,32,35,37-42H2,1-2H3/b7-5+,13-11-,19-17-,20-18-,24-22-,27-25+,30-28-,33-31+,36-34-/t43-/m0/s1. The summed E-state index contributed by atoms with van der Waals surface area (Å²) in [5, 5.41) is 9.53. The molecule has 5 nitrogen and oxygen atoms in total. The van der Waals surface area contributed by atoms with Crippen LogP contribution >= 0.6 is 0 Å². The fourth-order valence-electron chi connectivity index (χ4n) is 4.65. The molecule has 280 valence electrons. The average Bonchev–Trinajstić information content (AvgIpc) is 3.12. The summed E-state index contributed by atoms with van der Waals surface area (Å²) in [5.74, 6) is -0.762. The summed E-state index contributed by atoms with van der Waals surface area (Å²) >= 11 is 0. The summed E-state index contributed by atoms with van der Waals surface area (Å²) in [7, 11) is 0. The smallest absolute Gasteiger partial charge is 0.306 e. The third kappa shape index (κ3) is 37.4. The Balaban J connectivity index is 3.82. The van der Waals surface area contributed by atoms with E-state index >= 15 is 0 Å². The van der Waals surface area contributed by atoms with Gasteiger partial charge in [-0.1, -0.05) is 155 Å². The van der Waals surface area contributed by atoms with E-state index in [9.17, 15) is 14.7 Å². The molecule has 0 aliphatic rings. The van der Waals surface area contributed by atoms with Crippen LogP contribution in [0.2, 0.25) is 0 Å². The second-order valence-corrected chi connectivity index (χ2v) is 12.3. The van der Waals surface area contributed by atoms with Crippen LogP contribution in [-0.4, -0.2) is 36.4 Å². The molecule has 0 aromatic rings. The molecule has 1 atom stereocenters. The number of hydrogen-bond donors (Lipinski definition) is 1. The molecule has 0 unspecified atom stereocenters. The number of esters is 2. The molecule has 50 heavy (non-hydrogen) atoms. The Bertz CT molecular complexity index is 1050. The van der Waals surface area contributed by atoms with Crippen LogP contribution in [0.15, 0.2) is 109 Å². The second kappa shape index (κ2) is 40.0. The van der Waals surface area contributed by atoms with Crippen molar-refractivity contribution in [3.8, 4) is 0 Å². The summed E-state index contributed by atoms with van der Waals surface area (Å²) in [4.78, 5) is 24.2. The molecule has 1 N–H and O–H groups in total. The maximum Gasteiger partial charge on any atom is 0.306 e. The van der Waals surface area contributed by atoms with E-state index in [4.69, 9.17) is 9.47 Å². The highest BCUT2D eigenvalue weighted by molar-refractivity contribution is 5.70. The van der Waals surface area contributed by atoms with E-state index in [1.54, 1.807) is 0 Å². The van der Waals surface area contributed by atoms with E-state index < -0.39 is 12.1 Å². The van der Waals surface area contributed by atoms with Crippen molar-refractivity contribution in [3.05, 3.63) is 109 Å². The molecular formula is C45H70O5. The lowest BCUT2D eigenvalue weighted by molar-refractivity contribution is -0.161. The number of carbonyl (C=O) groups excluding carboxylic acids is 2. The Morgan fingerprint density at radius 3 is 1.38 bits per heavy atom. The van der Waals surface area contributed by atoms with Crippen LogP contribution in [0.25, 0.3) is 0 Å². The molecule has 0 heterocycles. The van der Waals surface area contributed by atoms with Crippen molar-refractivity contribution in [2.24, 2.45) is 0 Å². The van der Waals surface area contributed by atoms with Gasteiger partial charge in [-0.2, -0.15) is 0 Å². The third-order valence-corrected chi connectivity index (χ3v) is 7.56. The van der Waals surface area contributed by atoms with Crippen LogP contribution in [0.1, 0.15) is 142 Å². The first kappa shape index (κ1) is 46.6. The van der Waals surface area contributed by atoms with Gasteiger partial charge in [0.25, 0.3) is 0 Å². The zero-order valence-corrected chi connectivity index (χ0v) is 31.6. The molecule has 0 saturated heterocycles. The third-order valence-electron chi connectivity index (χ3n) is 7.56. The number of hydrogen-bond acceptors (Lipinski definition) is 5. The van der Waals surface area contributed by atoms with Crippen LogP contribution in [0, 0.1) is 0 Å². The molecule has 0 aliphatic heterocycles. The molecule has 0 spiro atoms. The number of aliphatic hydroxyl groups excluding tert-OH is 1. The Labute approximate surface area is 306 Å². The predicted molar refractivity (Wildman–Crippen MR) is 214 cm³/mol. The summed E-state index contributed by atoms with van der Waals surface area (Å²) in [6.45, 7) is 3.88. The highest BCUT2D eigenvalue weighted by Gasteiger charge is 2.15. The van der Waals surface area contributed by atoms with Crippen LogP contribution in [0.5, 0.6) is 0 Å². The minimum absolute atomic E-state index is 0.130. The van der Waals surface area contributed by atoms with E-state index in [-0.39, 0.29) is 25.6 Å². The quantitative estimate of drug-likeness (QED) is 0.0421. The molecule has 0 aromatic carbocycles. The van der Waals surface area contributed by atoms with Crippen LogP contribution in [0.3, 0.4) is 0 Å². The molecular weight excluding hydrogens is 620 g/mol. The average molecular weight is 691 g/mol. The van der Waals surface area contributed by atoms with Gasteiger partial charge < -0.3 is 14.6 Å². The highest BCUT2D eigenvalue weighted by atomic mass is 16.6. The van der Waals surface area contributed by atoms with Gasteiger partial charge >= 0.3 is 11.9 Å². The van der Waals surface area contributed by atoms with E-state index in [0.29, 0.717) is 19.3 Å². The first-order valence-corrected chi connectivity index (χ1v) is 19.4. The van der Waals surface area contributed by atoms with Crippen molar-refractivity contribution in [3.63, 3.8) is 0 Å². The van der Waals surface area contributed by atoms with Crippen molar-refractivity contribution in [2.75, 3.05) is 13.2 Å². The maximum atomic E-state index is 12.1. The van der Waals surface area contributed by atoms with Gasteiger partial charge in [0.05, 0.1) is 6.61 Å². The summed E-state index contributed by atoms with van der Waals surface area (Å²) in [6.07, 6.45) is 57.3. The number of carbonyl (C=O) groups is 2. The predicted octanol–water partition coefficient (Wildman–Crippen LogP) is 12.3.